The standard InChI is InChI=1S/C17H20OS/c1-2-12-10-11-19-17(12)16(18)15-8-6-14(7-9-15)13-4-3-5-13/h6-11,13,16,18H,2-5H2,1H3. The molecule has 1 unspecified atom stereocenters. The highest BCUT2D eigenvalue weighted by Crippen LogP contribution is 2.37. The molecule has 19 heavy (non-hydrogen) atoms. The minimum atomic E-state index is -0.467. The number of hydrogen-bond acceptors (Lipinski definition) is 2. The zero-order valence-corrected chi connectivity index (χ0v) is 12.1. The third-order valence-corrected chi connectivity index (χ3v) is 5.25. The van der Waals surface area contributed by atoms with Crippen LogP contribution in [0.5, 0.6) is 0 Å². The quantitative estimate of drug-likeness (QED) is 0.858. The van der Waals surface area contributed by atoms with Gasteiger partial charge in [-0.25, -0.2) is 0 Å². The Kier molecular flexibility index (Phi) is 3.72. The van der Waals surface area contributed by atoms with Crippen LogP contribution < -0.4 is 0 Å². The summed E-state index contributed by atoms with van der Waals surface area (Å²) >= 11 is 1.65. The molecule has 3 rings (SSSR count). The molecule has 0 amide bonds. The van der Waals surface area contributed by atoms with Crippen molar-refractivity contribution in [1.82, 2.24) is 0 Å². The summed E-state index contributed by atoms with van der Waals surface area (Å²) in [7, 11) is 0. The number of aryl methyl sites for hydroxylation is 1. The molecule has 2 heteroatoms. The molecule has 0 bridgehead atoms. The monoisotopic (exact) mass is 272 g/mol. The van der Waals surface area contributed by atoms with Gasteiger partial charge in [0, 0.05) is 4.88 Å². The maximum absolute atomic E-state index is 10.5. The summed E-state index contributed by atoms with van der Waals surface area (Å²) in [6, 6.07) is 10.7. The van der Waals surface area contributed by atoms with Gasteiger partial charge in [0.1, 0.15) is 6.10 Å². The van der Waals surface area contributed by atoms with Crippen LogP contribution in [0, 0.1) is 0 Å². The van der Waals surface area contributed by atoms with Crippen LogP contribution in [0.15, 0.2) is 35.7 Å². The van der Waals surface area contributed by atoms with Crippen molar-refractivity contribution >= 4 is 11.3 Å². The minimum Gasteiger partial charge on any atom is -0.383 e. The van der Waals surface area contributed by atoms with Gasteiger partial charge >= 0.3 is 0 Å². The Balaban J connectivity index is 1.81. The van der Waals surface area contributed by atoms with Crippen LogP contribution in [0.2, 0.25) is 0 Å². The lowest BCUT2D eigenvalue weighted by molar-refractivity contribution is 0.223. The van der Waals surface area contributed by atoms with Gasteiger partial charge in [-0.05, 0) is 53.3 Å². The van der Waals surface area contributed by atoms with Gasteiger partial charge in [-0.15, -0.1) is 11.3 Å². The predicted octanol–water partition coefficient (Wildman–Crippen LogP) is 4.66. The molecular weight excluding hydrogens is 252 g/mol. The highest BCUT2D eigenvalue weighted by atomic mass is 32.1. The van der Waals surface area contributed by atoms with Crippen LogP contribution in [-0.2, 0) is 6.42 Å². The summed E-state index contributed by atoms with van der Waals surface area (Å²) in [6.45, 7) is 2.14. The van der Waals surface area contributed by atoms with Crippen molar-refractivity contribution in [2.75, 3.05) is 0 Å². The molecule has 100 valence electrons. The molecule has 1 aromatic heterocycles. The first kappa shape index (κ1) is 12.9. The first-order valence-corrected chi connectivity index (χ1v) is 8.01. The fourth-order valence-electron chi connectivity index (χ4n) is 2.72. The molecule has 0 radical (unpaired) electrons. The lowest BCUT2D eigenvalue weighted by Gasteiger charge is -2.26. The summed E-state index contributed by atoms with van der Waals surface area (Å²) in [6.07, 6.45) is 4.53. The van der Waals surface area contributed by atoms with E-state index in [9.17, 15) is 5.11 Å². The number of rotatable bonds is 4. The molecule has 1 fully saturated rings. The summed E-state index contributed by atoms with van der Waals surface area (Å²) < 4.78 is 0. The van der Waals surface area contributed by atoms with Crippen molar-refractivity contribution in [3.63, 3.8) is 0 Å². The molecular formula is C17H20OS. The summed E-state index contributed by atoms with van der Waals surface area (Å²) in [5, 5.41) is 12.6. The van der Waals surface area contributed by atoms with Crippen LogP contribution >= 0.6 is 11.3 Å². The second kappa shape index (κ2) is 5.48. The Hall–Kier alpha value is -1.12. The molecule has 1 aliphatic rings. The Bertz CT molecular complexity index is 537. The molecule has 1 N–H and O–H groups in total. The van der Waals surface area contributed by atoms with Gasteiger partial charge < -0.3 is 5.11 Å². The third kappa shape index (κ3) is 2.47. The van der Waals surface area contributed by atoms with Gasteiger partial charge in [0.25, 0.3) is 0 Å². The highest BCUT2D eigenvalue weighted by Gasteiger charge is 2.20. The number of benzene rings is 1. The number of aliphatic hydroxyl groups excluding tert-OH is 1. The van der Waals surface area contributed by atoms with E-state index in [4.69, 9.17) is 0 Å². The molecule has 1 heterocycles. The second-order valence-electron chi connectivity index (χ2n) is 5.36. The van der Waals surface area contributed by atoms with Gasteiger partial charge in [0.05, 0.1) is 0 Å². The topological polar surface area (TPSA) is 20.2 Å². The molecule has 1 aliphatic carbocycles. The zero-order chi connectivity index (χ0) is 13.2. The number of aliphatic hydroxyl groups is 1. The predicted molar refractivity (Wildman–Crippen MR) is 80.8 cm³/mol. The average molecular weight is 272 g/mol. The first-order valence-electron chi connectivity index (χ1n) is 7.13. The summed E-state index contributed by atoms with van der Waals surface area (Å²) in [5.74, 6) is 0.763. The Labute approximate surface area is 118 Å². The SMILES string of the molecule is CCc1ccsc1C(O)c1ccc(C2CCC2)cc1. The maximum Gasteiger partial charge on any atom is 0.113 e. The normalized spacial score (nSPS) is 17.2. The van der Waals surface area contributed by atoms with Crippen LogP contribution in [0.25, 0.3) is 0 Å². The van der Waals surface area contributed by atoms with Crippen molar-refractivity contribution in [1.29, 1.82) is 0 Å². The molecule has 1 atom stereocenters. The van der Waals surface area contributed by atoms with Gasteiger partial charge in [-0.3, -0.25) is 0 Å². The van der Waals surface area contributed by atoms with Gasteiger partial charge in [0.2, 0.25) is 0 Å². The second-order valence-corrected chi connectivity index (χ2v) is 6.31. The molecule has 2 aromatic rings. The van der Waals surface area contributed by atoms with Crippen LogP contribution in [0.1, 0.15) is 59.8 Å². The van der Waals surface area contributed by atoms with E-state index in [1.54, 1.807) is 11.3 Å². The zero-order valence-electron chi connectivity index (χ0n) is 11.3. The fourth-order valence-corrected chi connectivity index (χ4v) is 3.73. The first-order chi connectivity index (χ1) is 9.29. The summed E-state index contributed by atoms with van der Waals surface area (Å²) in [5.41, 5.74) is 3.71. The van der Waals surface area contributed by atoms with Crippen molar-refractivity contribution in [2.45, 2.75) is 44.6 Å². The minimum absolute atomic E-state index is 0.467. The van der Waals surface area contributed by atoms with E-state index in [0.717, 1.165) is 22.8 Å². The lowest BCUT2D eigenvalue weighted by atomic mass is 9.80. The highest BCUT2D eigenvalue weighted by molar-refractivity contribution is 7.10. The van der Waals surface area contributed by atoms with Gasteiger partial charge in [-0.1, -0.05) is 37.6 Å². The summed E-state index contributed by atoms with van der Waals surface area (Å²) in [4.78, 5) is 1.10. The maximum atomic E-state index is 10.5. The Morgan fingerprint density at radius 3 is 2.53 bits per heavy atom. The number of thiophene rings is 1. The van der Waals surface area contributed by atoms with E-state index < -0.39 is 6.10 Å². The molecule has 0 spiro atoms. The van der Waals surface area contributed by atoms with E-state index >= 15 is 0 Å². The molecule has 1 aromatic carbocycles. The van der Waals surface area contributed by atoms with E-state index in [1.807, 2.05) is 0 Å². The van der Waals surface area contributed by atoms with Gasteiger partial charge in [0.15, 0.2) is 0 Å². The van der Waals surface area contributed by atoms with Crippen LogP contribution in [-0.4, -0.2) is 5.11 Å². The molecule has 0 saturated heterocycles. The van der Waals surface area contributed by atoms with Gasteiger partial charge in [-0.2, -0.15) is 0 Å². The van der Waals surface area contributed by atoms with Crippen molar-refractivity contribution in [3.05, 3.63) is 57.3 Å². The van der Waals surface area contributed by atoms with E-state index in [-0.39, 0.29) is 0 Å². The van der Waals surface area contributed by atoms with Crippen molar-refractivity contribution < 1.29 is 5.11 Å². The number of hydrogen-bond donors (Lipinski definition) is 1. The van der Waals surface area contributed by atoms with Crippen molar-refractivity contribution in [2.24, 2.45) is 0 Å². The Morgan fingerprint density at radius 1 is 1.21 bits per heavy atom. The van der Waals surface area contributed by atoms with Crippen LogP contribution in [0.4, 0.5) is 0 Å². The van der Waals surface area contributed by atoms with E-state index in [0.29, 0.717) is 0 Å². The average Bonchev–Trinajstić information content (AvgIpc) is 2.85. The smallest absolute Gasteiger partial charge is 0.113 e. The van der Waals surface area contributed by atoms with E-state index in [2.05, 4.69) is 42.6 Å². The fraction of sp³-hybridized carbons (Fsp3) is 0.412. The third-order valence-electron chi connectivity index (χ3n) is 4.24. The molecule has 0 aliphatic heterocycles. The Morgan fingerprint density at radius 2 is 1.95 bits per heavy atom. The lowest BCUT2D eigenvalue weighted by Crippen LogP contribution is -2.09. The largest absolute Gasteiger partial charge is 0.383 e. The van der Waals surface area contributed by atoms with Crippen molar-refractivity contribution in [3.8, 4) is 0 Å². The molecule has 1 saturated carbocycles. The molecule has 1 nitrogen and oxygen atoms in total. The van der Waals surface area contributed by atoms with Crippen LogP contribution in [0.3, 0.4) is 0 Å². The van der Waals surface area contributed by atoms with E-state index in [1.165, 1.54) is 30.4 Å².